The zero-order chi connectivity index (χ0) is 15.7. The smallest absolute Gasteiger partial charge is 0.326 e. The highest BCUT2D eigenvalue weighted by molar-refractivity contribution is 5.84. The molecule has 0 unspecified atom stereocenters. The average Bonchev–Trinajstić information content (AvgIpc) is 2.43. The van der Waals surface area contributed by atoms with E-state index in [1.54, 1.807) is 0 Å². The minimum atomic E-state index is -1.01. The molecule has 0 spiro atoms. The summed E-state index contributed by atoms with van der Waals surface area (Å²) in [6.07, 6.45) is 1.13. The molecular weight excluding hydrogens is 270 g/mol. The molecule has 0 aliphatic rings. The van der Waals surface area contributed by atoms with E-state index in [9.17, 15) is 9.59 Å². The van der Waals surface area contributed by atoms with Gasteiger partial charge in [-0.1, -0.05) is 44.2 Å². The molecule has 0 aliphatic carbocycles. The molecule has 1 amide bonds. The molecule has 1 aromatic rings. The molecule has 2 N–H and O–H groups in total. The van der Waals surface area contributed by atoms with Crippen molar-refractivity contribution >= 4 is 11.9 Å². The molecule has 0 saturated carbocycles. The Kier molecular flexibility index (Phi) is 7.46. The number of hydrogen-bond donors (Lipinski definition) is 2. The largest absolute Gasteiger partial charge is 0.480 e. The fraction of sp³-hybridized carbons (Fsp3) is 0.500. The van der Waals surface area contributed by atoms with Gasteiger partial charge in [0, 0.05) is 0 Å². The number of carboxylic acids is 1. The van der Waals surface area contributed by atoms with Crippen LogP contribution >= 0.6 is 0 Å². The molecule has 21 heavy (non-hydrogen) atoms. The second-order valence-corrected chi connectivity index (χ2v) is 5.38. The van der Waals surface area contributed by atoms with Crippen molar-refractivity contribution < 1.29 is 19.4 Å². The SMILES string of the molecule is CC(C)C[C@@H](NC(=O)COCCc1ccccc1)C(=O)O. The van der Waals surface area contributed by atoms with E-state index in [2.05, 4.69) is 5.32 Å². The van der Waals surface area contributed by atoms with E-state index in [0.29, 0.717) is 13.0 Å². The lowest BCUT2D eigenvalue weighted by molar-refractivity contribution is -0.143. The van der Waals surface area contributed by atoms with E-state index < -0.39 is 17.9 Å². The van der Waals surface area contributed by atoms with Crippen molar-refractivity contribution in [2.45, 2.75) is 32.7 Å². The van der Waals surface area contributed by atoms with Crippen LogP contribution in [0.2, 0.25) is 0 Å². The number of carbonyl (C=O) groups is 2. The standard InChI is InChI=1S/C16H23NO4/c1-12(2)10-14(16(19)20)17-15(18)11-21-9-8-13-6-4-3-5-7-13/h3-7,12,14H,8-11H2,1-2H3,(H,17,18)(H,19,20)/t14-/m1/s1. The van der Waals surface area contributed by atoms with Crippen LogP contribution in [0.25, 0.3) is 0 Å². The molecular formula is C16H23NO4. The number of nitrogens with one attached hydrogen (secondary N) is 1. The maximum absolute atomic E-state index is 11.7. The lowest BCUT2D eigenvalue weighted by Gasteiger charge is -2.16. The summed E-state index contributed by atoms with van der Waals surface area (Å²) in [6.45, 7) is 4.14. The summed E-state index contributed by atoms with van der Waals surface area (Å²) in [6, 6.07) is 8.98. The molecule has 116 valence electrons. The van der Waals surface area contributed by atoms with E-state index in [-0.39, 0.29) is 12.5 Å². The topological polar surface area (TPSA) is 75.6 Å². The number of rotatable bonds is 9. The molecule has 0 aliphatic heterocycles. The van der Waals surface area contributed by atoms with E-state index in [4.69, 9.17) is 9.84 Å². The summed E-state index contributed by atoms with van der Waals surface area (Å²) >= 11 is 0. The van der Waals surface area contributed by atoms with Crippen LogP contribution in [0.5, 0.6) is 0 Å². The van der Waals surface area contributed by atoms with Gasteiger partial charge < -0.3 is 15.2 Å². The van der Waals surface area contributed by atoms with Gasteiger partial charge in [0.05, 0.1) is 6.61 Å². The Labute approximate surface area is 125 Å². The fourth-order valence-electron chi connectivity index (χ4n) is 1.93. The number of benzene rings is 1. The molecule has 1 atom stereocenters. The Balaban J connectivity index is 2.25. The number of aliphatic carboxylic acids is 1. The molecule has 0 aromatic heterocycles. The first-order valence-corrected chi connectivity index (χ1v) is 7.13. The number of amides is 1. The van der Waals surface area contributed by atoms with Crippen LogP contribution in [0, 0.1) is 5.92 Å². The van der Waals surface area contributed by atoms with Crippen LogP contribution in [0.4, 0.5) is 0 Å². The first-order valence-electron chi connectivity index (χ1n) is 7.13. The lowest BCUT2D eigenvalue weighted by atomic mass is 10.0. The van der Waals surface area contributed by atoms with Crippen LogP contribution < -0.4 is 5.32 Å². The highest BCUT2D eigenvalue weighted by Gasteiger charge is 2.20. The lowest BCUT2D eigenvalue weighted by Crippen LogP contribution is -2.43. The molecule has 5 nitrogen and oxygen atoms in total. The van der Waals surface area contributed by atoms with Gasteiger partial charge in [-0.25, -0.2) is 4.79 Å². The molecule has 0 radical (unpaired) electrons. The summed E-state index contributed by atoms with van der Waals surface area (Å²) in [5, 5.41) is 11.5. The predicted octanol–water partition coefficient (Wildman–Crippen LogP) is 1.86. The molecule has 0 heterocycles. The molecule has 0 fully saturated rings. The third-order valence-corrected chi connectivity index (χ3v) is 2.95. The van der Waals surface area contributed by atoms with Gasteiger partial charge in [0.1, 0.15) is 12.6 Å². The quantitative estimate of drug-likeness (QED) is 0.681. The van der Waals surface area contributed by atoms with Gasteiger partial charge in [0.15, 0.2) is 0 Å². The summed E-state index contributed by atoms with van der Waals surface area (Å²) in [4.78, 5) is 22.7. The molecule has 1 rings (SSSR count). The van der Waals surface area contributed by atoms with Crippen molar-refractivity contribution in [3.8, 4) is 0 Å². The highest BCUT2D eigenvalue weighted by atomic mass is 16.5. The number of ether oxygens (including phenoxy) is 1. The van der Waals surface area contributed by atoms with Gasteiger partial charge in [-0.3, -0.25) is 4.79 Å². The number of hydrogen-bond acceptors (Lipinski definition) is 3. The van der Waals surface area contributed by atoms with Crippen LogP contribution in [0.3, 0.4) is 0 Å². The first-order chi connectivity index (χ1) is 9.99. The summed E-state index contributed by atoms with van der Waals surface area (Å²) in [7, 11) is 0. The second-order valence-electron chi connectivity index (χ2n) is 5.38. The zero-order valence-electron chi connectivity index (χ0n) is 12.5. The summed E-state index contributed by atoms with van der Waals surface area (Å²) < 4.78 is 5.28. The average molecular weight is 293 g/mol. The number of carboxylic acid groups (broad SMARTS) is 1. The minimum absolute atomic E-state index is 0.116. The van der Waals surface area contributed by atoms with Gasteiger partial charge in [0.2, 0.25) is 5.91 Å². The van der Waals surface area contributed by atoms with Crippen molar-refractivity contribution in [1.29, 1.82) is 0 Å². The highest BCUT2D eigenvalue weighted by Crippen LogP contribution is 2.05. The Morgan fingerprint density at radius 3 is 2.48 bits per heavy atom. The minimum Gasteiger partial charge on any atom is -0.480 e. The Bertz CT molecular complexity index is 445. The molecule has 1 aromatic carbocycles. The maximum Gasteiger partial charge on any atom is 0.326 e. The van der Waals surface area contributed by atoms with Crippen LogP contribution in [0.15, 0.2) is 30.3 Å². The van der Waals surface area contributed by atoms with E-state index in [1.807, 2.05) is 44.2 Å². The Morgan fingerprint density at radius 2 is 1.90 bits per heavy atom. The van der Waals surface area contributed by atoms with Crippen molar-refractivity contribution in [1.82, 2.24) is 5.32 Å². The first kappa shape index (κ1) is 17.2. The third kappa shape index (κ3) is 7.46. The van der Waals surface area contributed by atoms with Crippen LogP contribution in [-0.4, -0.2) is 36.2 Å². The van der Waals surface area contributed by atoms with Gasteiger partial charge in [0.25, 0.3) is 0 Å². The predicted molar refractivity (Wildman–Crippen MR) is 80.0 cm³/mol. The Morgan fingerprint density at radius 1 is 1.24 bits per heavy atom. The van der Waals surface area contributed by atoms with Crippen LogP contribution in [0.1, 0.15) is 25.8 Å². The van der Waals surface area contributed by atoms with Gasteiger partial charge in [-0.2, -0.15) is 0 Å². The van der Waals surface area contributed by atoms with Gasteiger partial charge in [-0.15, -0.1) is 0 Å². The van der Waals surface area contributed by atoms with E-state index >= 15 is 0 Å². The number of carbonyl (C=O) groups excluding carboxylic acids is 1. The summed E-state index contributed by atoms with van der Waals surface area (Å²) in [5.41, 5.74) is 1.14. The zero-order valence-corrected chi connectivity index (χ0v) is 12.5. The molecule has 5 heteroatoms. The fourth-order valence-corrected chi connectivity index (χ4v) is 1.93. The van der Waals surface area contributed by atoms with Gasteiger partial charge >= 0.3 is 5.97 Å². The van der Waals surface area contributed by atoms with Crippen LogP contribution in [-0.2, 0) is 20.7 Å². The van der Waals surface area contributed by atoms with Crippen molar-refractivity contribution in [3.05, 3.63) is 35.9 Å². The van der Waals surface area contributed by atoms with E-state index in [1.165, 1.54) is 0 Å². The third-order valence-electron chi connectivity index (χ3n) is 2.95. The monoisotopic (exact) mass is 293 g/mol. The summed E-state index contributed by atoms with van der Waals surface area (Å²) in [5.74, 6) is -1.21. The molecule has 0 bridgehead atoms. The maximum atomic E-state index is 11.7. The Hall–Kier alpha value is -1.88. The van der Waals surface area contributed by atoms with Gasteiger partial charge in [-0.05, 0) is 24.3 Å². The normalized spacial score (nSPS) is 12.1. The second kappa shape index (κ2) is 9.13. The van der Waals surface area contributed by atoms with E-state index in [0.717, 1.165) is 12.0 Å². The molecule has 0 saturated heterocycles. The van der Waals surface area contributed by atoms with Crippen molar-refractivity contribution in [2.24, 2.45) is 5.92 Å². The van der Waals surface area contributed by atoms with Crippen molar-refractivity contribution in [2.75, 3.05) is 13.2 Å². The van der Waals surface area contributed by atoms with Crippen molar-refractivity contribution in [3.63, 3.8) is 0 Å².